The van der Waals surface area contributed by atoms with Gasteiger partial charge >= 0.3 is 12.1 Å². The van der Waals surface area contributed by atoms with Gasteiger partial charge in [-0.05, 0) is 68.7 Å². The van der Waals surface area contributed by atoms with Gasteiger partial charge in [0.15, 0.2) is 0 Å². The molecule has 2 bridgehead atoms. The average Bonchev–Trinajstić information content (AvgIpc) is 3.23. The zero-order valence-corrected chi connectivity index (χ0v) is 16.2. The van der Waals surface area contributed by atoms with Gasteiger partial charge in [0.2, 0.25) is 0 Å². The second-order valence-corrected chi connectivity index (χ2v) is 9.47. The number of amides is 1. The van der Waals surface area contributed by atoms with Crippen LogP contribution in [0.3, 0.4) is 0 Å². The normalized spacial score (nSPS) is 42.7. The molecule has 1 aromatic rings. The maximum atomic E-state index is 13.1. The summed E-state index contributed by atoms with van der Waals surface area (Å²) >= 11 is 0. The Bertz CT molecular complexity index is 902. The smallest absolute Gasteiger partial charge is 0.414 e. The van der Waals surface area contributed by atoms with Gasteiger partial charge in [-0.15, -0.1) is 0 Å². The van der Waals surface area contributed by atoms with Crippen molar-refractivity contribution in [1.29, 1.82) is 0 Å². The Hall–Kier alpha value is -2.08. The molecule has 148 valence electrons. The van der Waals surface area contributed by atoms with E-state index in [1.165, 1.54) is 12.7 Å². The van der Waals surface area contributed by atoms with E-state index in [1.54, 1.807) is 4.90 Å². The zero-order valence-electron chi connectivity index (χ0n) is 16.2. The summed E-state index contributed by atoms with van der Waals surface area (Å²) in [6.07, 6.45) is 5.18. The molecule has 5 atom stereocenters. The molecule has 0 radical (unpaired) electrons. The summed E-state index contributed by atoms with van der Waals surface area (Å²) < 4.78 is 5.23. The fourth-order valence-corrected chi connectivity index (χ4v) is 8.46. The molecule has 3 aliphatic carbocycles. The van der Waals surface area contributed by atoms with Crippen LogP contribution in [-0.4, -0.2) is 53.8 Å². The van der Waals surface area contributed by atoms with Crippen LogP contribution in [-0.2, 0) is 14.9 Å². The summed E-state index contributed by atoms with van der Waals surface area (Å²) in [5.41, 5.74) is 1.06. The molecule has 3 spiro atoms. The first kappa shape index (κ1) is 16.8. The van der Waals surface area contributed by atoms with Crippen LogP contribution in [0.15, 0.2) is 24.3 Å². The molecule has 5 fully saturated rings. The number of hydrogen-bond acceptors (Lipinski definition) is 4. The number of methoxy groups -OCH3 is 1. The first-order valence-electron chi connectivity index (χ1n) is 10.5. The van der Waals surface area contributed by atoms with Gasteiger partial charge in [-0.2, -0.15) is 0 Å². The number of rotatable bonds is 1. The second-order valence-electron chi connectivity index (χ2n) is 9.47. The van der Waals surface area contributed by atoms with E-state index in [-0.39, 0.29) is 10.8 Å². The molecular weight excluding hydrogens is 356 g/mol. The number of carbonyl (C=O) groups is 2. The summed E-state index contributed by atoms with van der Waals surface area (Å²) in [6, 6.07) is 8.45. The number of fused-ring (bicyclic) bond motifs is 3. The van der Waals surface area contributed by atoms with Gasteiger partial charge in [0, 0.05) is 11.5 Å². The van der Waals surface area contributed by atoms with E-state index in [1.807, 2.05) is 18.2 Å². The highest BCUT2D eigenvalue weighted by Gasteiger charge is 2.81. The Labute approximate surface area is 164 Å². The molecule has 6 nitrogen and oxygen atoms in total. The monoisotopic (exact) mass is 382 g/mol. The van der Waals surface area contributed by atoms with Crippen molar-refractivity contribution in [2.24, 2.45) is 11.3 Å². The maximum Gasteiger partial charge on any atom is 0.414 e. The van der Waals surface area contributed by atoms with Gasteiger partial charge in [0.1, 0.15) is 0 Å². The van der Waals surface area contributed by atoms with Crippen molar-refractivity contribution in [3.05, 3.63) is 29.8 Å². The minimum Gasteiger partial charge on any atom is -0.481 e. The van der Waals surface area contributed by atoms with Crippen LogP contribution < -0.4 is 4.90 Å². The standard InChI is InChI=1S/C22H26N2O4/c1-28-19(27)24-16-6-3-2-5-14(16)21-10-12-23-11-4-7-20(18(21)23)8-9-22(21,24)15(13-20)17(25)26/h2-3,5-6,15,18H,4,7-13H2,1H3,(H,25,26)/t15-,18+,20-,21-,22+/m1/s1. The molecule has 0 aromatic heterocycles. The first-order chi connectivity index (χ1) is 13.5. The largest absolute Gasteiger partial charge is 0.481 e. The highest BCUT2D eigenvalue weighted by molar-refractivity contribution is 5.96. The van der Waals surface area contributed by atoms with Crippen LogP contribution in [0.1, 0.15) is 44.1 Å². The number of carboxylic acid groups (broad SMARTS) is 1. The number of para-hydroxylation sites is 1. The van der Waals surface area contributed by atoms with Crippen molar-refractivity contribution in [1.82, 2.24) is 4.90 Å². The third-order valence-electron chi connectivity index (χ3n) is 8.97. The number of carboxylic acids is 1. The van der Waals surface area contributed by atoms with Gasteiger partial charge in [0.25, 0.3) is 0 Å². The molecule has 1 N–H and O–H groups in total. The minimum atomic E-state index is -0.761. The van der Waals surface area contributed by atoms with Crippen LogP contribution in [0.25, 0.3) is 0 Å². The van der Waals surface area contributed by atoms with Crippen LogP contribution in [0.5, 0.6) is 0 Å². The number of hydrogen-bond donors (Lipinski definition) is 1. The van der Waals surface area contributed by atoms with Crippen LogP contribution in [0, 0.1) is 11.3 Å². The van der Waals surface area contributed by atoms with E-state index < -0.39 is 23.5 Å². The van der Waals surface area contributed by atoms with Crippen molar-refractivity contribution in [2.45, 2.75) is 55.5 Å². The summed E-state index contributed by atoms with van der Waals surface area (Å²) in [5, 5.41) is 10.4. The lowest BCUT2D eigenvalue weighted by Gasteiger charge is -2.69. The van der Waals surface area contributed by atoms with E-state index in [4.69, 9.17) is 4.74 Å². The summed E-state index contributed by atoms with van der Waals surface area (Å²) in [6.45, 7) is 2.08. The molecular formula is C22H26N2O4. The van der Waals surface area contributed by atoms with Crippen molar-refractivity contribution in [2.75, 3.05) is 25.1 Å². The van der Waals surface area contributed by atoms with Crippen molar-refractivity contribution in [3.63, 3.8) is 0 Å². The van der Waals surface area contributed by atoms with E-state index in [9.17, 15) is 14.7 Å². The average molecular weight is 382 g/mol. The molecule has 3 saturated carbocycles. The quantitative estimate of drug-likeness (QED) is 0.809. The van der Waals surface area contributed by atoms with Crippen LogP contribution in [0.2, 0.25) is 0 Å². The first-order valence-corrected chi connectivity index (χ1v) is 10.5. The lowest BCUT2D eigenvalue weighted by molar-refractivity contribution is -0.171. The van der Waals surface area contributed by atoms with Crippen LogP contribution in [0.4, 0.5) is 10.5 Å². The third kappa shape index (κ3) is 1.52. The number of benzene rings is 1. The molecule has 1 aromatic carbocycles. The molecule has 28 heavy (non-hydrogen) atoms. The number of nitrogens with zero attached hydrogens (tertiary/aromatic N) is 2. The van der Waals surface area contributed by atoms with Gasteiger partial charge in [-0.3, -0.25) is 14.6 Å². The highest BCUT2D eigenvalue weighted by Crippen LogP contribution is 2.75. The Morgan fingerprint density at radius 3 is 2.75 bits per heavy atom. The predicted octanol–water partition coefficient (Wildman–Crippen LogP) is 3.00. The second kappa shape index (κ2) is 5.09. The summed E-state index contributed by atoms with van der Waals surface area (Å²) in [5.74, 6) is -1.32. The van der Waals surface area contributed by atoms with Crippen LogP contribution >= 0.6 is 0 Å². The fourth-order valence-electron chi connectivity index (χ4n) is 8.46. The maximum absolute atomic E-state index is 13.1. The summed E-state index contributed by atoms with van der Waals surface area (Å²) in [4.78, 5) is 30.1. The topological polar surface area (TPSA) is 70.1 Å². The number of anilines is 1. The fraction of sp³-hybridized carbons (Fsp3) is 0.636. The highest BCUT2D eigenvalue weighted by atomic mass is 16.5. The number of aliphatic carboxylic acids is 1. The Kier molecular flexibility index (Phi) is 3.06. The molecule has 3 heterocycles. The number of carbonyl (C=O) groups excluding carboxylic acids is 1. The molecule has 6 aliphatic rings. The number of piperidine rings is 1. The predicted molar refractivity (Wildman–Crippen MR) is 102 cm³/mol. The molecule has 6 heteroatoms. The van der Waals surface area contributed by atoms with Gasteiger partial charge in [-0.1, -0.05) is 18.2 Å². The van der Waals surface area contributed by atoms with E-state index in [0.29, 0.717) is 12.5 Å². The molecule has 0 unspecified atom stereocenters. The van der Waals surface area contributed by atoms with Gasteiger partial charge < -0.3 is 9.84 Å². The molecule has 7 rings (SSSR count). The van der Waals surface area contributed by atoms with Crippen molar-refractivity contribution >= 4 is 17.7 Å². The Morgan fingerprint density at radius 1 is 1.14 bits per heavy atom. The molecule has 2 saturated heterocycles. The van der Waals surface area contributed by atoms with Crippen molar-refractivity contribution in [3.8, 4) is 0 Å². The zero-order chi connectivity index (χ0) is 19.3. The minimum absolute atomic E-state index is 0.0544. The SMILES string of the molecule is COC(=O)N1c2ccccc2[C@@]23CCN4CCC[C@]5(CC[C@@]12[C@@H](C(=O)O)C5)[C@H]43. The van der Waals surface area contributed by atoms with Gasteiger partial charge in [0.05, 0.1) is 24.3 Å². The molecule has 1 amide bonds. The summed E-state index contributed by atoms with van der Waals surface area (Å²) in [7, 11) is 1.40. The Balaban J connectivity index is 1.70. The van der Waals surface area contributed by atoms with E-state index in [2.05, 4.69) is 11.0 Å². The lowest BCUT2D eigenvalue weighted by Crippen LogP contribution is -2.79. The Morgan fingerprint density at radius 2 is 1.96 bits per heavy atom. The number of ether oxygens (including phenoxy) is 1. The third-order valence-corrected chi connectivity index (χ3v) is 8.97. The van der Waals surface area contributed by atoms with Crippen molar-refractivity contribution < 1.29 is 19.4 Å². The lowest BCUT2D eigenvalue weighted by atomic mass is 9.38. The van der Waals surface area contributed by atoms with E-state index in [0.717, 1.165) is 50.9 Å². The van der Waals surface area contributed by atoms with Gasteiger partial charge in [-0.25, -0.2) is 4.79 Å². The van der Waals surface area contributed by atoms with E-state index >= 15 is 0 Å². The molecule has 3 aliphatic heterocycles.